The maximum Gasteiger partial charge on any atom is 0.214 e. The second-order valence-electron chi connectivity index (χ2n) is 2.85. The number of nitrogens with zero attached hydrogens (tertiary/aromatic N) is 4. The molecule has 0 fully saturated rings. The first-order valence-electron chi connectivity index (χ1n) is 4.58. The third kappa shape index (κ3) is 2.94. The Morgan fingerprint density at radius 2 is 2.00 bits per heavy atom. The maximum absolute atomic E-state index is 5.44. The molecule has 0 spiro atoms. The van der Waals surface area contributed by atoms with Gasteiger partial charge >= 0.3 is 0 Å². The number of para-hydroxylation sites is 1. The van der Waals surface area contributed by atoms with E-state index in [1.807, 2.05) is 30.3 Å². The van der Waals surface area contributed by atoms with Crippen LogP contribution in [0.4, 0.5) is 0 Å². The molecule has 2 aromatic rings. The van der Waals surface area contributed by atoms with E-state index in [-0.39, 0.29) is 12.4 Å². The van der Waals surface area contributed by atoms with Crippen molar-refractivity contribution in [1.82, 2.24) is 20.2 Å². The Kier molecular flexibility index (Phi) is 5.24. The molecule has 0 atom stereocenters. The number of hydrogen-bond donors (Lipinski definition) is 1. The van der Waals surface area contributed by atoms with Crippen molar-refractivity contribution in [3.8, 4) is 5.69 Å². The normalized spacial score (nSPS) is 9.81. The van der Waals surface area contributed by atoms with Gasteiger partial charge in [-0.05, 0) is 22.6 Å². The average Bonchev–Trinajstić information content (AvgIpc) is 2.75. The summed E-state index contributed by atoms with van der Waals surface area (Å²) >= 11 is 1.55. The van der Waals surface area contributed by atoms with Crippen molar-refractivity contribution in [3.63, 3.8) is 0 Å². The van der Waals surface area contributed by atoms with Crippen LogP contribution in [0, 0.1) is 0 Å². The van der Waals surface area contributed by atoms with E-state index in [0.29, 0.717) is 6.54 Å². The number of nitrogens with two attached hydrogens (primary N) is 1. The molecule has 5 nitrogen and oxygen atoms in total. The van der Waals surface area contributed by atoms with Gasteiger partial charge in [0.1, 0.15) is 0 Å². The molecule has 2 N–H and O–H groups in total. The SMILES string of the molecule is NCCSc1nnnn1-c1ccccc1.[Cl-]. The van der Waals surface area contributed by atoms with Gasteiger partial charge in [-0.1, -0.05) is 30.0 Å². The molecule has 1 heterocycles. The second-order valence-corrected chi connectivity index (χ2v) is 3.91. The lowest BCUT2D eigenvalue weighted by Crippen LogP contribution is -3.00. The molecule has 1 aromatic carbocycles. The van der Waals surface area contributed by atoms with Gasteiger partial charge in [-0.2, -0.15) is 4.68 Å². The van der Waals surface area contributed by atoms with Gasteiger partial charge in [0, 0.05) is 12.3 Å². The second kappa shape index (κ2) is 6.47. The minimum atomic E-state index is 0. The molecule has 86 valence electrons. The number of rotatable bonds is 4. The molecular formula is C9H11ClN5S-. The van der Waals surface area contributed by atoms with E-state index >= 15 is 0 Å². The van der Waals surface area contributed by atoms with Gasteiger partial charge in [0.2, 0.25) is 5.16 Å². The standard InChI is InChI=1S/C9H11N5S.ClH/c10-6-7-15-9-11-12-13-14(9)8-4-2-1-3-5-8;/h1-5H,6-7,10H2;1H/p-1. The monoisotopic (exact) mass is 256 g/mol. The molecule has 0 aliphatic heterocycles. The Morgan fingerprint density at radius 1 is 1.25 bits per heavy atom. The van der Waals surface area contributed by atoms with Crippen LogP contribution in [0.25, 0.3) is 5.69 Å². The summed E-state index contributed by atoms with van der Waals surface area (Å²) in [4.78, 5) is 0. The fraction of sp³-hybridized carbons (Fsp3) is 0.222. The van der Waals surface area contributed by atoms with E-state index in [9.17, 15) is 0 Å². The van der Waals surface area contributed by atoms with Crippen LogP contribution >= 0.6 is 11.8 Å². The van der Waals surface area contributed by atoms with Gasteiger partial charge < -0.3 is 18.1 Å². The van der Waals surface area contributed by atoms with E-state index in [2.05, 4.69) is 15.5 Å². The lowest BCUT2D eigenvalue weighted by atomic mass is 10.3. The average molecular weight is 257 g/mol. The molecule has 2 rings (SSSR count). The van der Waals surface area contributed by atoms with Crippen LogP contribution in [-0.4, -0.2) is 32.5 Å². The Balaban J connectivity index is 0.00000128. The Labute approximate surface area is 104 Å². The van der Waals surface area contributed by atoms with Crippen LogP contribution in [0.3, 0.4) is 0 Å². The summed E-state index contributed by atoms with van der Waals surface area (Å²) in [6.45, 7) is 0.617. The molecule has 0 amide bonds. The van der Waals surface area contributed by atoms with Gasteiger partial charge in [0.05, 0.1) is 5.69 Å². The minimum Gasteiger partial charge on any atom is -1.00 e. The summed E-state index contributed by atoms with van der Waals surface area (Å²) in [6, 6.07) is 9.79. The highest BCUT2D eigenvalue weighted by Crippen LogP contribution is 2.16. The molecule has 0 saturated carbocycles. The summed E-state index contributed by atoms with van der Waals surface area (Å²) in [5.74, 6) is 0.813. The summed E-state index contributed by atoms with van der Waals surface area (Å²) in [5.41, 5.74) is 6.40. The molecule has 0 bridgehead atoms. The van der Waals surface area contributed by atoms with E-state index in [4.69, 9.17) is 5.73 Å². The Bertz CT molecular complexity index is 419. The largest absolute Gasteiger partial charge is 1.00 e. The third-order valence-electron chi connectivity index (χ3n) is 1.79. The van der Waals surface area contributed by atoms with Crippen molar-refractivity contribution in [3.05, 3.63) is 30.3 Å². The van der Waals surface area contributed by atoms with Gasteiger partial charge in [0.15, 0.2) is 0 Å². The first-order valence-corrected chi connectivity index (χ1v) is 5.57. The highest BCUT2D eigenvalue weighted by molar-refractivity contribution is 7.99. The molecule has 7 heteroatoms. The predicted molar refractivity (Wildman–Crippen MR) is 58.9 cm³/mol. The van der Waals surface area contributed by atoms with Crippen LogP contribution in [0.1, 0.15) is 0 Å². The summed E-state index contributed by atoms with van der Waals surface area (Å²) < 4.78 is 1.71. The highest BCUT2D eigenvalue weighted by atomic mass is 35.5. The molecule has 0 aliphatic rings. The van der Waals surface area contributed by atoms with Crippen molar-refractivity contribution < 1.29 is 12.4 Å². The van der Waals surface area contributed by atoms with Crippen LogP contribution in [0.15, 0.2) is 35.5 Å². The first-order chi connectivity index (χ1) is 7.42. The van der Waals surface area contributed by atoms with Crippen molar-refractivity contribution in [2.75, 3.05) is 12.3 Å². The Morgan fingerprint density at radius 3 is 2.69 bits per heavy atom. The number of aromatic nitrogens is 4. The van der Waals surface area contributed by atoms with Crippen molar-refractivity contribution in [2.24, 2.45) is 5.73 Å². The van der Waals surface area contributed by atoms with Gasteiger partial charge in [-0.15, -0.1) is 5.10 Å². The zero-order valence-corrected chi connectivity index (χ0v) is 10.0. The van der Waals surface area contributed by atoms with E-state index < -0.39 is 0 Å². The number of tetrazole rings is 1. The smallest absolute Gasteiger partial charge is 0.214 e. The fourth-order valence-electron chi connectivity index (χ4n) is 1.15. The summed E-state index contributed by atoms with van der Waals surface area (Å²) in [6.07, 6.45) is 0. The molecular weight excluding hydrogens is 246 g/mol. The molecule has 1 aromatic heterocycles. The van der Waals surface area contributed by atoms with Gasteiger partial charge in [0.25, 0.3) is 0 Å². The topological polar surface area (TPSA) is 69.6 Å². The zero-order chi connectivity index (χ0) is 10.5. The molecule has 0 saturated heterocycles. The molecule has 0 radical (unpaired) electrons. The fourth-order valence-corrected chi connectivity index (χ4v) is 1.81. The van der Waals surface area contributed by atoms with Crippen LogP contribution < -0.4 is 18.1 Å². The minimum absolute atomic E-state index is 0. The van der Waals surface area contributed by atoms with Crippen molar-refractivity contribution in [1.29, 1.82) is 0 Å². The van der Waals surface area contributed by atoms with E-state index in [1.165, 1.54) is 0 Å². The number of hydrogen-bond acceptors (Lipinski definition) is 5. The van der Waals surface area contributed by atoms with Crippen LogP contribution in [0.2, 0.25) is 0 Å². The van der Waals surface area contributed by atoms with Gasteiger partial charge in [-0.3, -0.25) is 0 Å². The third-order valence-corrected chi connectivity index (χ3v) is 2.74. The number of halogens is 1. The number of thioether (sulfide) groups is 1. The van der Waals surface area contributed by atoms with E-state index in [0.717, 1.165) is 16.6 Å². The maximum atomic E-state index is 5.44. The van der Waals surface area contributed by atoms with Crippen molar-refractivity contribution in [2.45, 2.75) is 5.16 Å². The Hall–Kier alpha value is -1.11. The molecule has 0 aliphatic carbocycles. The lowest BCUT2D eigenvalue weighted by Gasteiger charge is -2.02. The van der Waals surface area contributed by atoms with Crippen molar-refractivity contribution >= 4 is 11.8 Å². The van der Waals surface area contributed by atoms with Crippen LogP contribution in [0.5, 0.6) is 0 Å². The zero-order valence-electron chi connectivity index (χ0n) is 8.45. The summed E-state index contributed by atoms with van der Waals surface area (Å²) in [7, 11) is 0. The number of benzene rings is 1. The quantitative estimate of drug-likeness (QED) is 0.624. The predicted octanol–water partition coefficient (Wildman–Crippen LogP) is -2.28. The lowest BCUT2D eigenvalue weighted by molar-refractivity contribution is -0.00000324. The van der Waals surface area contributed by atoms with Crippen LogP contribution in [-0.2, 0) is 0 Å². The van der Waals surface area contributed by atoms with E-state index in [1.54, 1.807) is 16.4 Å². The first kappa shape index (κ1) is 13.0. The molecule has 0 unspecified atom stereocenters. The highest BCUT2D eigenvalue weighted by Gasteiger charge is 2.07. The summed E-state index contributed by atoms with van der Waals surface area (Å²) in [5, 5.41) is 12.3. The molecule has 16 heavy (non-hydrogen) atoms. The van der Waals surface area contributed by atoms with Gasteiger partial charge in [-0.25, -0.2) is 0 Å².